The maximum Gasteiger partial charge on any atom is 0.159 e. The lowest BCUT2D eigenvalue weighted by Crippen LogP contribution is -2.20. The first-order chi connectivity index (χ1) is 9.11. The van der Waals surface area contributed by atoms with Crippen LogP contribution in [0.5, 0.6) is 0 Å². The number of carbonyl (C=O) groups excluding carboxylic acids is 2. The van der Waals surface area contributed by atoms with Gasteiger partial charge < -0.3 is 4.79 Å². The molecular formula is C17H22O2. The van der Waals surface area contributed by atoms with E-state index in [2.05, 4.69) is 12.1 Å². The number of ketones is 1. The highest BCUT2D eigenvalue weighted by molar-refractivity contribution is 5.94. The molecule has 1 unspecified atom stereocenters. The molecule has 0 amide bonds. The SMILES string of the molecule is CC(=O)c1ccc(C2CCC(C(C)C=O)CC2)cc1. The van der Waals surface area contributed by atoms with Gasteiger partial charge in [0, 0.05) is 11.5 Å². The van der Waals surface area contributed by atoms with Gasteiger partial charge in [-0.05, 0) is 50.0 Å². The van der Waals surface area contributed by atoms with E-state index in [4.69, 9.17) is 0 Å². The second-order valence-corrected chi connectivity index (χ2v) is 5.79. The molecule has 1 aromatic rings. The molecule has 1 aliphatic carbocycles. The third-order valence-corrected chi connectivity index (χ3v) is 4.52. The summed E-state index contributed by atoms with van der Waals surface area (Å²) < 4.78 is 0. The minimum absolute atomic E-state index is 0.120. The second kappa shape index (κ2) is 6.14. The summed E-state index contributed by atoms with van der Waals surface area (Å²) in [5.74, 6) is 1.47. The maximum absolute atomic E-state index is 11.3. The predicted molar refractivity (Wildman–Crippen MR) is 76.4 cm³/mol. The third-order valence-electron chi connectivity index (χ3n) is 4.52. The third kappa shape index (κ3) is 3.31. The van der Waals surface area contributed by atoms with Crippen molar-refractivity contribution in [2.24, 2.45) is 11.8 Å². The van der Waals surface area contributed by atoms with Crippen LogP contribution in [0.15, 0.2) is 24.3 Å². The number of aldehydes is 1. The van der Waals surface area contributed by atoms with Crippen LogP contribution in [0.25, 0.3) is 0 Å². The summed E-state index contributed by atoms with van der Waals surface area (Å²) in [7, 11) is 0. The number of Topliss-reactive ketones (excluding diaryl/α,β-unsaturated/α-hetero) is 1. The topological polar surface area (TPSA) is 34.1 Å². The molecule has 0 N–H and O–H groups in total. The van der Waals surface area contributed by atoms with Gasteiger partial charge in [0.15, 0.2) is 5.78 Å². The Bertz CT molecular complexity index is 439. The molecule has 1 atom stereocenters. The minimum atomic E-state index is 0.120. The van der Waals surface area contributed by atoms with Crippen LogP contribution in [0.3, 0.4) is 0 Å². The van der Waals surface area contributed by atoms with Crippen molar-refractivity contribution < 1.29 is 9.59 Å². The van der Waals surface area contributed by atoms with Crippen LogP contribution in [0.2, 0.25) is 0 Å². The molecule has 0 heterocycles. The van der Waals surface area contributed by atoms with Gasteiger partial charge in [-0.15, -0.1) is 0 Å². The van der Waals surface area contributed by atoms with Gasteiger partial charge in [-0.1, -0.05) is 31.2 Å². The fraction of sp³-hybridized carbons (Fsp3) is 0.529. The second-order valence-electron chi connectivity index (χ2n) is 5.79. The average molecular weight is 258 g/mol. The van der Waals surface area contributed by atoms with Crippen molar-refractivity contribution in [2.45, 2.75) is 45.4 Å². The molecule has 1 aliphatic rings. The van der Waals surface area contributed by atoms with Crippen molar-refractivity contribution in [3.63, 3.8) is 0 Å². The lowest BCUT2D eigenvalue weighted by molar-refractivity contribution is -0.112. The van der Waals surface area contributed by atoms with E-state index < -0.39 is 0 Å². The van der Waals surface area contributed by atoms with E-state index in [0.29, 0.717) is 11.8 Å². The number of hydrogen-bond acceptors (Lipinski definition) is 2. The first-order valence-electron chi connectivity index (χ1n) is 7.18. The molecule has 0 bridgehead atoms. The van der Waals surface area contributed by atoms with Gasteiger partial charge in [-0.2, -0.15) is 0 Å². The van der Waals surface area contributed by atoms with Gasteiger partial charge in [0.25, 0.3) is 0 Å². The van der Waals surface area contributed by atoms with Gasteiger partial charge in [-0.25, -0.2) is 0 Å². The van der Waals surface area contributed by atoms with Gasteiger partial charge in [-0.3, -0.25) is 4.79 Å². The van der Waals surface area contributed by atoms with Crippen molar-refractivity contribution in [3.05, 3.63) is 35.4 Å². The van der Waals surface area contributed by atoms with E-state index in [1.807, 2.05) is 19.1 Å². The van der Waals surface area contributed by atoms with Crippen LogP contribution in [0.4, 0.5) is 0 Å². The number of carbonyl (C=O) groups is 2. The quantitative estimate of drug-likeness (QED) is 0.604. The Labute approximate surface area is 115 Å². The zero-order valence-electron chi connectivity index (χ0n) is 11.8. The highest BCUT2D eigenvalue weighted by atomic mass is 16.1. The number of benzene rings is 1. The largest absolute Gasteiger partial charge is 0.303 e. The molecule has 2 nitrogen and oxygen atoms in total. The standard InChI is InChI=1S/C17H22O2/c1-12(11-18)14-3-7-16(8-4-14)17-9-5-15(6-10-17)13(2)19/h5-6,9-12,14,16H,3-4,7-8H2,1-2H3. The molecular weight excluding hydrogens is 236 g/mol. The summed E-state index contributed by atoms with van der Waals surface area (Å²) in [5.41, 5.74) is 2.12. The van der Waals surface area contributed by atoms with Crippen LogP contribution in [0, 0.1) is 11.8 Å². The molecule has 0 aromatic heterocycles. The molecule has 0 saturated heterocycles. The summed E-state index contributed by atoms with van der Waals surface area (Å²) >= 11 is 0. The first kappa shape index (κ1) is 14.0. The lowest BCUT2D eigenvalue weighted by Gasteiger charge is -2.30. The van der Waals surface area contributed by atoms with Gasteiger partial charge >= 0.3 is 0 Å². The van der Waals surface area contributed by atoms with Crippen molar-refractivity contribution in [2.75, 3.05) is 0 Å². The van der Waals surface area contributed by atoms with Crippen molar-refractivity contribution in [1.29, 1.82) is 0 Å². The summed E-state index contributed by atoms with van der Waals surface area (Å²) in [6, 6.07) is 8.03. The summed E-state index contributed by atoms with van der Waals surface area (Å²) in [4.78, 5) is 22.1. The van der Waals surface area contributed by atoms with Crippen molar-refractivity contribution in [3.8, 4) is 0 Å². The Kier molecular flexibility index (Phi) is 4.52. The maximum atomic E-state index is 11.3. The lowest BCUT2D eigenvalue weighted by atomic mass is 9.74. The van der Waals surface area contributed by atoms with E-state index in [-0.39, 0.29) is 11.7 Å². The molecule has 2 heteroatoms. The van der Waals surface area contributed by atoms with Crippen LogP contribution in [-0.2, 0) is 4.79 Å². The molecule has 0 aliphatic heterocycles. The number of hydrogen-bond donors (Lipinski definition) is 0. The predicted octanol–water partition coefficient (Wildman–Crippen LogP) is 4.00. The van der Waals surface area contributed by atoms with Gasteiger partial charge in [0.05, 0.1) is 0 Å². The van der Waals surface area contributed by atoms with Crippen LogP contribution < -0.4 is 0 Å². The molecule has 1 aromatic carbocycles. The van der Waals surface area contributed by atoms with Gasteiger partial charge in [0.1, 0.15) is 6.29 Å². The molecule has 102 valence electrons. The zero-order chi connectivity index (χ0) is 13.8. The van der Waals surface area contributed by atoms with E-state index in [1.54, 1.807) is 6.92 Å². The van der Waals surface area contributed by atoms with E-state index in [1.165, 1.54) is 5.56 Å². The Balaban J connectivity index is 1.97. The fourth-order valence-electron chi connectivity index (χ4n) is 3.08. The van der Waals surface area contributed by atoms with Gasteiger partial charge in [0.2, 0.25) is 0 Å². The highest BCUT2D eigenvalue weighted by Crippen LogP contribution is 2.38. The Morgan fingerprint density at radius 2 is 1.74 bits per heavy atom. The van der Waals surface area contributed by atoms with Crippen LogP contribution in [0.1, 0.15) is 61.4 Å². The van der Waals surface area contributed by atoms with E-state index in [0.717, 1.165) is 37.5 Å². The zero-order valence-corrected chi connectivity index (χ0v) is 11.8. The summed E-state index contributed by atoms with van der Waals surface area (Å²) in [5, 5.41) is 0. The van der Waals surface area contributed by atoms with E-state index in [9.17, 15) is 9.59 Å². The fourth-order valence-corrected chi connectivity index (χ4v) is 3.08. The summed E-state index contributed by atoms with van der Waals surface area (Å²) in [6.07, 6.45) is 5.68. The molecule has 1 fully saturated rings. The monoisotopic (exact) mass is 258 g/mol. The molecule has 0 radical (unpaired) electrons. The first-order valence-corrected chi connectivity index (χ1v) is 7.18. The Morgan fingerprint density at radius 1 is 1.16 bits per heavy atom. The molecule has 0 spiro atoms. The smallest absolute Gasteiger partial charge is 0.159 e. The summed E-state index contributed by atoms with van der Waals surface area (Å²) in [6.45, 7) is 3.63. The molecule has 19 heavy (non-hydrogen) atoms. The molecule has 1 saturated carbocycles. The van der Waals surface area contributed by atoms with E-state index >= 15 is 0 Å². The van der Waals surface area contributed by atoms with Crippen molar-refractivity contribution >= 4 is 12.1 Å². The Hall–Kier alpha value is -1.44. The Morgan fingerprint density at radius 3 is 2.21 bits per heavy atom. The highest BCUT2D eigenvalue weighted by Gasteiger charge is 2.25. The normalized spacial score (nSPS) is 24.7. The van der Waals surface area contributed by atoms with Crippen molar-refractivity contribution in [1.82, 2.24) is 0 Å². The molecule has 2 rings (SSSR count). The van der Waals surface area contributed by atoms with Crippen LogP contribution >= 0.6 is 0 Å². The minimum Gasteiger partial charge on any atom is -0.303 e. The average Bonchev–Trinajstić information content (AvgIpc) is 2.46. The number of rotatable bonds is 4. The van der Waals surface area contributed by atoms with Crippen LogP contribution in [-0.4, -0.2) is 12.1 Å².